The van der Waals surface area contributed by atoms with Gasteiger partial charge in [0, 0.05) is 3.57 Å². The summed E-state index contributed by atoms with van der Waals surface area (Å²) < 4.78 is 1.29. The van der Waals surface area contributed by atoms with E-state index in [1.54, 1.807) is 0 Å². The first-order valence-electron chi connectivity index (χ1n) is 7.86. The topological polar surface area (TPSA) is 12.0 Å². The molecule has 1 atom stereocenters. The predicted molar refractivity (Wildman–Crippen MR) is 97.7 cm³/mol. The van der Waals surface area contributed by atoms with E-state index >= 15 is 0 Å². The van der Waals surface area contributed by atoms with Crippen LogP contribution in [0, 0.1) is 3.57 Å². The molecule has 2 heteroatoms. The average molecular weight is 391 g/mol. The maximum absolute atomic E-state index is 3.62. The van der Waals surface area contributed by atoms with Crippen molar-refractivity contribution >= 4 is 22.6 Å². The minimum atomic E-state index is 0.292. The summed E-state index contributed by atoms with van der Waals surface area (Å²) in [5.74, 6) is 0.814. The third-order valence-electron chi connectivity index (χ3n) is 4.44. The van der Waals surface area contributed by atoms with E-state index in [1.807, 2.05) is 0 Å². The third kappa shape index (κ3) is 3.49. The van der Waals surface area contributed by atoms with Crippen molar-refractivity contribution in [2.45, 2.75) is 38.1 Å². The Morgan fingerprint density at radius 2 is 1.86 bits per heavy atom. The Balaban J connectivity index is 1.86. The lowest BCUT2D eigenvalue weighted by Gasteiger charge is -2.26. The maximum atomic E-state index is 3.62. The highest BCUT2D eigenvalue weighted by molar-refractivity contribution is 14.1. The van der Waals surface area contributed by atoms with Gasteiger partial charge in [0.15, 0.2) is 0 Å². The number of halogens is 1. The van der Waals surface area contributed by atoms with E-state index in [0.717, 1.165) is 12.5 Å². The van der Waals surface area contributed by atoms with Crippen LogP contribution < -0.4 is 5.32 Å². The molecule has 3 rings (SSSR count). The summed E-state index contributed by atoms with van der Waals surface area (Å²) in [4.78, 5) is 0. The van der Waals surface area contributed by atoms with Gasteiger partial charge in [-0.15, -0.1) is 0 Å². The lowest BCUT2D eigenvalue weighted by molar-refractivity contribution is 0.419. The fraction of sp³-hybridized carbons (Fsp3) is 0.368. The van der Waals surface area contributed by atoms with E-state index < -0.39 is 0 Å². The number of nitrogens with one attached hydrogen (secondary N) is 1. The molecule has 0 spiro atoms. The van der Waals surface area contributed by atoms with Crippen LogP contribution in [0.15, 0.2) is 48.5 Å². The van der Waals surface area contributed by atoms with Gasteiger partial charge in [-0.05, 0) is 76.7 Å². The van der Waals surface area contributed by atoms with E-state index in [2.05, 4.69) is 83.4 Å². The van der Waals surface area contributed by atoms with Crippen molar-refractivity contribution in [1.29, 1.82) is 0 Å². The Labute approximate surface area is 141 Å². The first kappa shape index (κ1) is 15.0. The van der Waals surface area contributed by atoms with Crippen LogP contribution in [-0.4, -0.2) is 6.54 Å². The van der Waals surface area contributed by atoms with Crippen molar-refractivity contribution in [3.63, 3.8) is 0 Å². The smallest absolute Gasteiger partial charge is 0.0577 e. The summed E-state index contributed by atoms with van der Waals surface area (Å²) in [5, 5.41) is 3.62. The lowest BCUT2D eigenvalue weighted by Crippen LogP contribution is -2.22. The van der Waals surface area contributed by atoms with Crippen molar-refractivity contribution in [1.82, 2.24) is 5.32 Å². The quantitative estimate of drug-likeness (QED) is 0.686. The fourth-order valence-electron chi connectivity index (χ4n) is 3.02. The van der Waals surface area contributed by atoms with Crippen LogP contribution in [-0.2, 0) is 0 Å². The molecule has 1 nitrogen and oxygen atoms in total. The van der Waals surface area contributed by atoms with Crippen molar-refractivity contribution in [2.75, 3.05) is 6.54 Å². The normalized spacial score (nSPS) is 16.5. The fourth-order valence-corrected chi connectivity index (χ4v) is 3.59. The Hall–Kier alpha value is -0.870. The van der Waals surface area contributed by atoms with Gasteiger partial charge in [0.1, 0.15) is 0 Å². The van der Waals surface area contributed by atoms with E-state index in [1.165, 1.54) is 39.5 Å². The molecule has 0 bridgehead atoms. The van der Waals surface area contributed by atoms with Crippen LogP contribution in [0.5, 0.6) is 0 Å². The number of rotatable bonds is 5. The van der Waals surface area contributed by atoms with Crippen LogP contribution in [0.2, 0.25) is 0 Å². The molecule has 2 aromatic rings. The van der Waals surface area contributed by atoms with Crippen LogP contribution in [0.1, 0.15) is 54.8 Å². The molecule has 1 aliphatic carbocycles. The van der Waals surface area contributed by atoms with Gasteiger partial charge < -0.3 is 5.32 Å². The zero-order valence-electron chi connectivity index (χ0n) is 12.5. The molecule has 21 heavy (non-hydrogen) atoms. The summed E-state index contributed by atoms with van der Waals surface area (Å²) >= 11 is 2.39. The zero-order valence-corrected chi connectivity index (χ0v) is 14.6. The minimum absolute atomic E-state index is 0.292. The van der Waals surface area contributed by atoms with Gasteiger partial charge in [-0.25, -0.2) is 0 Å². The molecule has 0 saturated heterocycles. The summed E-state index contributed by atoms with van der Waals surface area (Å²) in [7, 11) is 0. The van der Waals surface area contributed by atoms with Gasteiger partial charge in [-0.2, -0.15) is 0 Å². The molecular weight excluding hydrogens is 369 g/mol. The van der Waals surface area contributed by atoms with E-state index in [0.29, 0.717) is 6.04 Å². The van der Waals surface area contributed by atoms with Crippen molar-refractivity contribution in [3.05, 3.63) is 68.8 Å². The minimum Gasteiger partial charge on any atom is -0.307 e. The summed E-state index contributed by atoms with van der Waals surface area (Å²) in [5.41, 5.74) is 4.23. The highest BCUT2D eigenvalue weighted by atomic mass is 127. The van der Waals surface area contributed by atoms with Crippen molar-refractivity contribution in [2.24, 2.45) is 0 Å². The molecule has 0 aliphatic heterocycles. The molecule has 1 unspecified atom stereocenters. The molecule has 0 heterocycles. The Morgan fingerprint density at radius 3 is 2.43 bits per heavy atom. The molecule has 1 aliphatic rings. The van der Waals surface area contributed by atoms with Gasteiger partial charge in [-0.3, -0.25) is 0 Å². The van der Waals surface area contributed by atoms with Crippen molar-refractivity contribution < 1.29 is 0 Å². The average Bonchev–Trinajstić information content (AvgIpc) is 2.44. The molecule has 0 aromatic heterocycles. The van der Waals surface area contributed by atoms with Gasteiger partial charge in [0.25, 0.3) is 0 Å². The maximum Gasteiger partial charge on any atom is 0.0577 e. The molecule has 1 saturated carbocycles. The van der Waals surface area contributed by atoms with E-state index in [9.17, 15) is 0 Å². The summed E-state index contributed by atoms with van der Waals surface area (Å²) in [6.45, 7) is 3.14. The Bertz CT molecular complexity index is 587. The van der Waals surface area contributed by atoms with E-state index in [4.69, 9.17) is 0 Å². The Morgan fingerprint density at radius 1 is 1.10 bits per heavy atom. The highest BCUT2D eigenvalue weighted by Gasteiger charge is 2.20. The molecule has 0 amide bonds. The molecule has 0 radical (unpaired) electrons. The second kappa shape index (κ2) is 6.93. The SMILES string of the molecule is CCNC(c1ccc(C2CCC2)cc1)c1cccc(I)c1. The summed E-state index contributed by atoms with van der Waals surface area (Å²) in [6, 6.07) is 18.3. The number of benzene rings is 2. The van der Waals surface area contributed by atoms with Gasteiger partial charge in [0.2, 0.25) is 0 Å². The van der Waals surface area contributed by atoms with Crippen molar-refractivity contribution in [3.8, 4) is 0 Å². The van der Waals surface area contributed by atoms with Gasteiger partial charge >= 0.3 is 0 Å². The zero-order chi connectivity index (χ0) is 14.7. The summed E-state index contributed by atoms with van der Waals surface area (Å²) in [6.07, 6.45) is 4.13. The number of hydrogen-bond acceptors (Lipinski definition) is 1. The second-order valence-corrected chi connectivity index (χ2v) is 7.09. The monoisotopic (exact) mass is 391 g/mol. The third-order valence-corrected chi connectivity index (χ3v) is 5.11. The van der Waals surface area contributed by atoms with Crippen LogP contribution in [0.4, 0.5) is 0 Å². The second-order valence-electron chi connectivity index (χ2n) is 5.84. The molecule has 110 valence electrons. The Kier molecular flexibility index (Phi) is 4.96. The highest BCUT2D eigenvalue weighted by Crippen LogP contribution is 2.36. The van der Waals surface area contributed by atoms with E-state index in [-0.39, 0.29) is 0 Å². The van der Waals surface area contributed by atoms with Crippen LogP contribution in [0.3, 0.4) is 0 Å². The van der Waals surface area contributed by atoms with Crippen LogP contribution >= 0.6 is 22.6 Å². The predicted octanol–water partition coefficient (Wildman–Crippen LogP) is 5.26. The molecule has 1 fully saturated rings. The lowest BCUT2D eigenvalue weighted by atomic mass is 9.79. The van der Waals surface area contributed by atoms with Gasteiger partial charge in [-0.1, -0.05) is 49.7 Å². The largest absolute Gasteiger partial charge is 0.307 e. The first-order chi connectivity index (χ1) is 10.3. The number of hydrogen-bond donors (Lipinski definition) is 1. The molecule has 2 aromatic carbocycles. The van der Waals surface area contributed by atoms with Crippen LogP contribution in [0.25, 0.3) is 0 Å². The first-order valence-corrected chi connectivity index (χ1v) is 8.94. The standard InChI is InChI=1S/C19H22IN/c1-2-21-19(17-7-4-8-18(20)13-17)16-11-9-15(10-12-16)14-5-3-6-14/h4,7-14,19,21H,2-3,5-6H2,1H3. The molecular formula is C19H22IN. The molecule has 1 N–H and O–H groups in total. The van der Waals surface area contributed by atoms with Gasteiger partial charge in [0.05, 0.1) is 6.04 Å².